The van der Waals surface area contributed by atoms with E-state index in [9.17, 15) is 0 Å². The fourth-order valence-corrected chi connectivity index (χ4v) is 3.83. The number of nitrogens with zero attached hydrogens (tertiary/aromatic N) is 1. The van der Waals surface area contributed by atoms with Gasteiger partial charge in [0.2, 0.25) is 0 Å². The first kappa shape index (κ1) is 13.1. The molecule has 107 valence electrons. The van der Waals surface area contributed by atoms with Gasteiger partial charge >= 0.3 is 0 Å². The standard InChI is InChI=1S/C17H21BN3/c1-18-13-5-3-12(4-6-13)16-10-19-17(21-16)15-9-11-2-7-14(8-11)20-15/h3-6,10-11,14-15,20H,2,7-9H2,1H3,(H,19,21). The zero-order chi connectivity index (χ0) is 14.2. The zero-order valence-electron chi connectivity index (χ0n) is 12.5. The number of fused-ring (bicyclic) bond motifs is 2. The highest BCUT2D eigenvalue weighted by atomic mass is 15.1. The van der Waals surface area contributed by atoms with Gasteiger partial charge in [0.05, 0.1) is 17.9 Å². The molecule has 3 nitrogen and oxygen atoms in total. The first-order chi connectivity index (χ1) is 10.3. The van der Waals surface area contributed by atoms with Crippen molar-refractivity contribution in [3.8, 4) is 11.3 Å². The number of imidazole rings is 1. The van der Waals surface area contributed by atoms with Gasteiger partial charge in [-0.25, -0.2) is 4.98 Å². The number of rotatable bonds is 3. The second-order valence-electron chi connectivity index (χ2n) is 6.42. The van der Waals surface area contributed by atoms with E-state index >= 15 is 0 Å². The second kappa shape index (κ2) is 5.34. The normalized spacial score (nSPS) is 27.8. The summed E-state index contributed by atoms with van der Waals surface area (Å²) in [5.74, 6) is 2.00. The molecule has 2 heterocycles. The topological polar surface area (TPSA) is 40.7 Å². The van der Waals surface area contributed by atoms with Crippen molar-refractivity contribution in [2.45, 2.75) is 44.6 Å². The highest BCUT2D eigenvalue weighted by Crippen LogP contribution is 2.38. The predicted molar refractivity (Wildman–Crippen MR) is 86.9 cm³/mol. The fourth-order valence-electron chi connectivity index (χ4n) is 3.83. The van der Waals surface area contributed by atoms with Gasteiger partial charge in [0.1, 0.15) is 13.1 Å². The number of hydrogen-bond donors (Lipinski definition) is 2. The molecule has 4 rings (SSSR count). The van der Waals surface area contributed by atoms with Crippen molar-refractivity contribution in [2.75, 3.05) is 0 Å². The minimum atomic E-state index is 0.410. The van der Waals surface area contributed by atoms with Gasteiger partial charge in [-0.1, -0.05) is 36.6 Å². The molecule has 21 heavy (non-hydrogen) atoms. The molecule has 1 aromatic carbocycles. The molecule has 1 aromatic heterocycles. The summed E-state index contributed by atoms with van der Waals surface area (Å²) in [6.07, 6.45) is 7.28. The van der Waals surface area contributed by atoms with Crippen LogP contribution < -0.4 is 10.8 Å². The van der Waals surface area contributed by atoms with Crippen LogP contribution >= 0.6 is 0 Å². The van der Waals surface area contributed by atoms with E-state index in [1.165, 1.54) is 36.7 Å². The average Bonchev–Trinajstić information content (AvgIpc) is 3.14. The minimum absolute atomic E-state index is 0.410. The SMILES string of the molecule is C[B]c1ccc(-c2cnc(C3CC4CCC(C4)N3)[nH]2)cc1. The van der Waals surface area contributed by atoms with E-state index in [2.05, 4.69) is 53.7 Å². The molecule has 1 aliphatic carbocycles. The second-order valence-corrected chi connectivity index (χ2v) is 6.42. The van der Waals surface area contributed by atoms with E-state index < -0.39 is 0 Å². The van der Waals surface area contributed by atoms with Crippen molar-refractivity contribution in [3.63, 3.8) is 0 Å². The number of H-pyrrole nitrogens is 1. The minimum Gasteiger partial charge on any atom is -0.341 e. The van der Waals surface area contributed by atoms with Gasteiger partial charge in [-0.05, 0) is 37.2 Å². The molecule has 1 saturated heterocycles. The highest BCUT2D eigenvalue weighted by Gasteiger charge is 2.35. The number of aromatic amines is 1. The number of piperidine rings is 1. The summed E-state index contributed by atoms with van der Waals surface area (Å²) in [7, 11) is 2.11. The summed E-state index contributed by atoms with van der Waals surface area (Å²) in [6, 6.07) is 9.73. The lowest BCUT2D eigenvalue weighted by atomic mass is 9.73. The molecule has 1 radical (unpaired) electrons. The van der Waals surface area contributed by atoms with E-state index in [1.54, 1.807) is 0 Å². The van der Waals surface area contributed by atoms with Crippen LogP contribution in [-0.4, -0.2) is 23.3 Å². The molecule has 2 N–H and O–H groups in total. The summed E-state index contributed by atoms with van der Waals surface area (Å²) in [6.45, 7) is 2.06. The molecule has 0 amide bonds. The quantitative estimate of drug-likeness (QED) is 0.847. The molecule has 3 unspecified atom stereocenters. The Balaban J connectivity index is 1.54. The molecule has 3 atom stereocenters. The lowest BCUT2D eigenvalue weighted by Gasteiger charge is -2.28. The maximum Gasteiger partial charge on any atom is 0.148 e. The van der Waals surface area contributed by atoms with Crippen LogP contribution in [0.2, 0.25) is 6.82 Å². The van der Waals surface area contributed by atoms with Crippen LogP contribution in [-0.2, 0) is 0 Å². The number of hydrogen-bond acceptors (Lipinski definition) is 2. The molecule has 2 aromatic rings. The lowest BCUT2D eigenvalue weighted by molar-refractivity contribution is 0.305. The Bertz CT molecular complexity index is 607. The van der Waals surface area contributed by atoms with Crippen molar-refractivity contribution in [1.29, 1.82) is 0 Å². The molecule has 0 spiro atoms. The number of aromatic nitrogens is 2. The summed E-state index contributed by atoms with van der Waals surface area (Å²) in [5.41, 5.74) is 3.58. The first-order valence-electron chi connectivity index (χ1n) is 8.02. The molecule has 2 fully saturated rings. The third-order valence-corrected chi connectivity index (χ3v) is 5.03. The Kier molecular flexibility index (Phi) is 3.34. The molecular weight excluding hydrogens is 257 g/mol. The highest BCUT2D eigenvalue weighted by molar-refractivity contribution is 6.51. The van der Waals surface area contributed by atoms with E-state index in [-0.39, 0.29) is 0 Å². The van der Waals surface area contributed by atoms with Gasteiger partial charge in [-0.2, -0.15) is 0 Å². The van der Waals surface area contributed by atoms with Gasteiger partial charge in [0, 0.05) is 6.04 Å². The Morgan fingerprint density at radius 3 is 2.76 bits per heavy atom. The average molecular weight is 278 g/mol. The smallest absolute Gasteiger partial charge is 0.148 e. The third-order valence-electron chi connectivity index (χ3n) is 5.03. The maximum atomic E-state index is 4.63. The predicted octanol–water partition coefficient (Wildman–Crippen LogP) is 2.66. The summed E-state index contributed by atoms with van der Waals surface area (Å²) < 4.78 is 0. The molecule has 2 bridgehead atoms. The molecular formula is C17H21BN3. The molecule has 1 aliphatic heterocycles. The monoisotopic (exact) mass is 278 g/mol. The van der Waals surface area contributed by atoms with Crippen LogP contribution in [0, 0.1) is 5.92 Å². The van der Waals surface area contributed by atoms with Gasteiger partial charge in [-0.3, -0.25) is 0 Å². The molecule has 1 saturated carbocycles. The Hall–Kier alpha value is -1.55. The summed E-state index contributed by atoms with van der Waals surface area (Å²) >= 11 is 0. The van der Waals surface area contributed by atoms with E-state index in [0.717, 1.165) is 17.4 Å². The van der Waals surface area contributed by atoms with E-state index in [0.29, 0.717) is 12.1 Å². The number of nitrogens with one attached hydrogen (secondary N) is 2. The largest absolute Gasteiger partial charge is 0.341 e. The fraction of sp³-hybridized carbons (Fsp3) is 0.471. The Labute approximate surface area is 126 Å². The lowest BCUT2D eigenvalue weighted by Crippen LogP contribution is -2.35. The first-order valence-corrected chi connectivity index (χ1v) is 8.02. The van der Waals surface area contributed by atoms with Crippen LogP contribution in [0.4, 0.5) is 0 Å². The zero-order valence-corrected chi connectivity index (χ0v) is 12.5. The van der Waals surface area contributed by atoms with Crippen molar-refractivity contribution in [3.05, 3.63) is 36.3 Å². The maximum absolute atomic E-state index is 4.63. The summed E-state index contributed by atoms with van der Waals surface area (Å²) in [5, 5.41) is 3.75. The van der Waals surface area contributed by atoms with Crippen LogP contribution in [0.15, 0.2) is 30.5 Å². The van der Waals surface area contributed by atoms with Crippen LogP contribution in [0.3, 0.4) is 0 Å². The molecule has 2 aliphatic rings. The van der Waals surface area contributed by atoms with Gasteiger partial charge in [0.25, 0.3) is 0 Å². The third kappa shape index (κ3) is 2.53. The Morgan fingerprint density at radius 2 is 2.00 bits per heavy atom. The van der Waals surface area contributed by atoms with Crippen molar-refractivity contribution < 1.29 is 0 Å². The van der Waals surface area contributed by atoms with Gasteiger partial charge in [0.15, 0.2) is 0 Å². The Morgan fingerprint density at radius 1 is 1.14 bits per heavy atom. The number of benzene rings is 1. The molecule has 4 heteroatoms. The summed E-state index contributed by atoms with van der Waals surface area (Å²) in [4.78, 5) is 8.15. The van der Waals surface area contributed by atoms with E-state index in [4.69, 9.17) is 0 Å². The van der Waals surface area contributed by atoms with Gasteiger partial charge in [-0.15, -0.1) is 0 Å². The van der Waals surface area contributed by atoms with Crippen molar-refractivity contribution in [1.82, 2.24) is 15.3 Å². The van der Waals surface area contributed by atoms with Crippen LogP contribution in [0.5, 0.6) is 0 Å². The van der Waals surface area contributed by atoms with E-state index in [1.807, 2.05) is 6.20 Å². The van der Waals surface area contributed by atoms with Crippen molar-refractivity contribution >= 4 is 12.7 Å². The van der Waals surface area contributed by atoms with Crippen LogP contribution in [0.25, 0.3) is 11.3 Å². The van der Waals surface area contributed by atoms with Crippen molar-refractivity contribution in [2.24, 2.45) is 5.92 Å². The van der Waals surface area contributed by atoms with Crippen LogP contribution in [0.1, 0.15) is 37.5 Å². The van der Waals surface area contributed by atoms with Gasteiger partial charge < -0.3 is 10.3 Å².